The third-order valence-corrected chi connectivity index (χ3v) is 4.85. The van der Waals surface area contributed by atoms with Crippen LogP contribution >= 0.6 is 31.9 Å². The van der Waals surface area contributed by atoms with E-state index in [1.165, 1.54) is 0 Å². The van der Waals surface area contributed by atoms with Crippen LogP contribution in [0.15, 0.2) is 91.9 Å². The topological polar surface area (TPSA) is 82.9 Å². The molecule has 0 spiro atoms. The van der Waals surface area contributed by atoms with Gasteiger partial charge in [-0.05, 0) is 59.7 Å². The molecule has 0 unspecified atom stereocenters. The van der Waals surface area contributed by atoms with Crippen molar-refractivity contribution in [2.24, 2.45) is 10.2 Å². The Labute approximate surface area is 190 Å². The molecular formula is C22H16Br2N4O2. The number of amides is 2. The van der Waals surface area contributed by atoms with Crippen molar-refractivity contribution in [1.29, 1.82) is 0 Å². The van der Waals surface area contributed by atoms with Crippen LogP contribution in [-0.2, 0) is 0 Å². The second-order valence-corrected chi connectivity index (χ2v) is 7.92. The fraction of sp³-hybridized carbons (Fsp3) is 0. The molecule has 2 N–H and O–H groups in total. The average Bonchev–Trinajstić information content (AvgIpc) is 2.74. The summed E-state index contributed by atoms with van der Waals surface area (Å²) in [5.74, 6) is -0.748. The maximum absolute atomic E-state index is 12.2. The predicted molar refractivity (Wildman–Crippen MR) is 125 cm³/mol. The van der Waals surface area contributed by atoms with Crippen molar-refractivity contribution in [3.05, 3.63) is 104 Å². The number of rotatable bonds is 6. The van der Waals surface area contributed by atoms with Gasteiger partial charge in [0, 0.05) is 20.1 Å². The van der Waals surface area contributed by atoms with Crippen LogP contribution in [0, 0.1) is 0 Å². The zero-order valence-corrected chi connectivity index (χ0v) is 18.7. The second kappa shape index (κ2) is 10.6. The molecule has 0 aliphatic carbocycles. The van der Waals surface area contributed by atoms with Crippen molar-refractivity contribution < 1.29 is 9.59 Å². The van der Waals surface area contributed by atoms with Gasteiger partial charge in [-0.25, -0.2) is 10.9 Å². The maximum atomic E-state index is 12.2. The molecule has 0 saturated carbocycles. The van der Waals surface area contributed by atoms with E-state index in [1.807, 2.05) is 48.5 Å². The van der Waals surface area contributed by atoms with Gasteiger partial charge < -0.3 is 0 Å². The largest absolute Gasteiger partial charge is 0.271 e. The molecule has 2 amide bonds. The van der Waals surface area contributed by atoms with Gasteiger partial charge in [0.1, 0.15) is 0 Å². The summed E-state index contributed by atoms with van der Waals surface area (Å²) in [5, 5.41) is 7.89. The number of hydrazone groups is 2. The highest BCUT2D eigenvalue weighted by Crippen LogP contribution is 2.11. The van der Waals surface area contributed by atoms with Gasteiger partial charge in [0.2, 0.25) is 0 Å². The first-order chi connectivity index (χ1) is 14.5. The molecule has 30 heavy (non-hydrogen) atoms. The molecule has 0 heterocycles. The molecular weight excluding hydrogens is 512 g/mol. The summed E-state index contributed by atoms with van der Waals surface area (Å²) in [5.41, 5.74) is 7.38. The SMILES string of the molecule is O=C(NN=Cc1cccc(Br)c1)c1ccc(C(=O)NN=Cc2cccc(Br)c2)cc1. The summed E-state index contributed by atoms with van der Waals surface area (Å²) in [6.07, 6.45) is 3.10. The van der Waals surface area contributed by atoms with Gasteiger partial charge in [-0.15, -0.1) is 0 Å². The summed E-state index contributed by atoms with van der Waals surface area (Å²) in [4.78, 5) is 24.4. The second-order valence-electron chi connectivity index (χ2n) is 6.09. The Morgan fingerprint density at radius 2 is 1.07 bits per heavy atom. The van der Waals surface area contributed by atoms with E-state index in [0.29, 0.717) is 11.1 Å². The lowest BCUT2D eigenvalue weighted by Crippen LogP contribution is -2.19. The van der Waals surface area contributed by atoms with Crippen molar-refractivity contribution in [3.8, 4) is 0 Å². The van der Waals surface area contributed by atoms with E-state index in [2.05, 4.69) is 52.9 Å². The molecule has 0 fully saturated rings. The number of nitrogens with one attached hydrogen (secondary N) is 2. The molecule has 0 bridgehead atoms. The minimum absolute atomic E-state index is 0.374. The van der Waals surface area contributed by atoms with Gasteiger partial charge in [-0.2, -0.15) is 10.2 Å². The number of halogens is 2. The fourth-order valence-corrected chi connectivity index (χ4v) is 3.24. The van der Waals surface area contributed by atoms with E-state index in [9.17, 15) is 9.59 Å². The number of nitrogens with zero attached hydrogens (tertiary/aromatic N) is 2. The van der Waals surface area contributed by atoms with Gasteiger partial charge >= 0.3 is 0 Å². The Morgan fingerprint density at radius 3 is 1.43 bits per heavy atom. The zero-order chi connectivity index (χ0) is 21.3. The Morgan fingerprint density at radius 1 is 0.667 bits per heavy atom. The smallest absolute Gasteiger partial charge is 0.267 e. The highest BCUT2D eigenvalue weighted by atomic mass is 79.9. The van der Waals surface area contributed by atoms with Crippen LogP contribution in [0.5, 0.6) is 0 Å². The van der Waals surface area contributed by atoms with Crippen LogP contribution in [0.1, 0.15) is 31.8 Å². The van der Waals surface area contributed by atoms with E-state index in [4.69, 9.17) is 0 Å². The first-order valence-electron chi connectivity index (χ1n) is 8.79. The van der Waals surface area contributed by atoms with E-state index in [1.54, 1.807) is 36.7 Å². The van der Waals surface area contributed by atoms with Crippen molar-refractivity contribution in [2.45, 2.75) is 0 Å². The van der Waals surface area contributed by atoms with Gasteiger partial charge in [-0.1, -0.05) is 56.1 Å². The van der Waals surface area contributed by atoms with Crippen LogP contribution < -0.4 is 10.9 Å². The molecule has 3 rings (SSSR count). The Kier molecular flexibility index (Phi) is 7.64. The molecule has 150 valence electrons. The first kappa shape index (κ1) is 21.6. The van der Waals surface area contributed by atoms with Gasteiger partial charge in [0.05, 0.1) is 12.4 Å². The summed E-state index contributed by atoms with van der Waals surface area (Å²) >= 11 is 6.75. The lowest BCUT2D eigenvalue weighted by atomic mass is 10.1. The summed E-state index contributed by atoms with van der Waals surface area (Å²) in [6.45, 7) is 0. The lowest BCUT2D eigenvalue weighted by molar-refractivity contribution is 0.0943. The molecule has 0 saturated heterocycles. The van der Waals surface area contributed by atoms with E-state index in [0.717, 1.165) is 20.1 Å². The summed E-state index contributed by atoms with van der Waals surface area (Å²) in [6, 6.07) is 21.3. The predicted octanol–water partition coefficient (Wildman–Crippen LogP) is 4.74. The zero-order valence-electron chi connectivity index (χ0n) is 15.5. The number of hydrogen-bond donors (Lipinski definition) is 2. The summed E-state index contributed by atoms with van der Waals surface area (Å²) in [7, 11) is 0. The molecule has 3 aromatic rings. The quantitative estimate of drug-likeness (QED) is 0.358. The molecule has 3 aromatic carbocycles. The molecule has 0 aliphatic rings. The molecule has 0 atom stereocenters. The Bertz CT molecular complexity index is 1020. The number of benzene rings is 3. The lowest BCUT2D eigenvalue weighted by Gasteiger charge is -2.03. The number of hydrogen-bond acceptors (Lipinski definition) is 4. The van der Waals surface area contributed by atoms with Gasteiger partial charge in [-0.3, -0.25) is 9.59 Å². The summed E-state index contributed by atoms with van der Waals surface area (Å²) < 4.78 is 1.85. The third-order valence-electron chi connectivity index (χ3n) is 3.87. The Hall–Kier alpha value is -3.10. The maximum Gasteiger partial charge on any atom is 0.271 e. The molecule has 8 heteroatoms. The van der Waals surface area contributed by atoms with Crippen molar-refractivity contribution in [3.63, 3.8) is 0 Å². The molecule has 0 radical (unpaired) electrons. The standard InChI is InChI=1S/C22H16Br2N4O2/c23-19-5-1-3-15(11-19)13-25-27-21(29)17-7-9-18(10-8-17)22(30)28-26-14-16-4-2-6-20(24)12-16/h1-14H,(H,27,29)(H,28,30). The minimum atomic E-state index is -0.374. The van der Waals surface area contributed by atoms with Crippen LogP contribution in [-0.4, -0.2) is 24.2 Å². The van der Waals surface area contributed by atoms with Crippen LogP contribution in [0.3, 0.4) is 0 Å². The van der Waals surface area contributed by atoms with Crippen molar-refractivity contribution >= 4 is 56.1 Å². The van der Waals surface area contributed by atoms with Crippen molar-refractivity contribution in [1.82, 2.24) is 10.9 Å². The highest BCUT2D eigenvalue weighted by Gasteiger charge is 2.08. The number of carbonyl (C=O) groups is 2. The van der Waals surface area contributed by atoms with E-state index >= 15 is 0 Å². The van der Waals surface area contributed by atoms with E-state index < -0.39 is 0 Å². The first-order valence-corrected chi connectivity index (χ1v) is 10.4. The van der Waals surface area contributed by atoms with Crippen molar-refractivity contribution in [2.75, 3.05) is 0 Å². The third kappa shape index (κ3) is 6.47. The van der Waals surface area contributed by atoms with E-state index in [-0.39, 0.29) is 11.8 Å². The molecule has 6 nitrogen and oxygen atoms in total. The highest BCUT2D eigenvalue weighted by molar-refractivity contribution is 9.10. The number of carbonyl (C=O) groups excluding carboxylic acids is 2. The fourth-order valence-electron chi connectivity index (χ4n) is 2.41. The monoisotopic (exact) mass is 526 g/mol. The minimum Gasteiger partial charge on any atom is -0.267 e. The molecule has 0 aliphatic heterocycles. The van der Waals surface area contributed by atoms with Gasteiger partial charge in [0.15, 0.2) is 0 Å². The van der Waals surface area contributed by atoms with Crippen LogP contribution in [0.4, 0.5) is 0 Å². The normalized spacial score (nSPS) is 11.0. The average molecular weight is 528 g/mol. The van der Waals surface area contributed by atoms with Gasteiger partial charge in [0.25, 0.3) is 11.8 Å². The van der Waals surface area contributed by atoms with Crippen LogP contribution in [0.25, 0.3) is 0 Å². The molecule has 0 aromatic heterocycles. The Balaban J connectivity index is 1.54. The van der Waals surface area contributed by atoms with Crippen LogP contribution in [0.2, 0.25) is 0 Å².